The Morgan fingerprint density at radius 1 is 1.56 bits per heavy atom. The number of aryl methyl sites for hydroxylation is 1. The molecule has 5 heteroatoms. The third-order valence-corrected chi connectivity index (χ3v) is 4.24. The molecule has 0 spiro atoms. The lowest BCUT2D eigenvalue weighted by atomic mass is 9.81. The van der Waals surface area contributed by atoms with Gasteiger partial charge in [0.1, 0.15) is 6.29 Å². The van der Waals surface area contributed by atoms with Gasteiger partial charge in [0.2, 0.25) is 0 Å². The minimum Gasteiger partial charge on any atom is -0.381 e. The maximum Gasteiger partial charge on any atom is 0.127 e. The summed E-state index contributed by atoms with van der Waals surface area (Å²) < 4.78 is 5.34. The molecule has 1 aliphatic heterocycles. The van der Waals surface area contributed by atoms with Gasteiger partial charge in [-0.3, -0.25) is 4.90 Å². The summed E-state index contributed by atoms with van der Waals surface area (Å²) in [6.45, 7) is 5.00. The smallest absolute Gasteiger partial charge is 0.127 e. The van der Waals surface area contributed by atoms with Crippen molar-refractivity contribution in [1.29, 1.82) is 0 Å². The Morgan fingerprint density at radius 2 is 2.28 bits per heavy atom. The van der Waals surface area contributed by atoms with Crippen molar-refractivity contribution < 1.29 is 9.53 Å². The first kappa shape index (κ1) is 13.6. The third-order valence-electron chi connectivity index (χ3n) is 3.42. The van der Waals surface area contributed by atoms with Crippen LogP contribution in [0.3, 0.4) is 0 Å². The molecule has 0 aliphatic carbocycles. The van der Waals surface area contributed by atoms with E-state index in [1.165, 1.54) is 0 Å². The highest BCUT2D eigenvalue weighted by Gasteiger charge is 2.33. The first-order valence-corrected chi connectivity index (χ1v) is 7.15. The highest BCUT2D eigenvalue weighted by atomic mass is 32.1. The highest BCUT2D eigenvalue weighted by molar-refractivity contribution is 7.09. The minimum atomic E-state index is -0.224. The molecule has 18 heavy (non-hydrogen) atoms. The van der Waals surface area contributed by atoms with Crippen LogP contribution in [0.2, 0.25) is 0 Å². The number of hydrogen-bond acceptors (Lipinski definition) is 5. The molecule has 0 aromatic carbocycles. The first-order chi connectivity index (χ1) is 8.63. The molecule has 0 saturated carbocycles. The first-order valence-electron chi connectivity index (χ1n) is 6.27. The van der Waals surface area contributed by atoms with E-state index < -0.39 is 0 Å². The number of hydrogen-bond donors (Lipinski definition) is 0. The second kappa shape index (κ2) is 5.91. The Balaban J connectivity index is 1.92. The van der Waals surface area contributed by atoms with Crippen LogP contribution in [0.1, 0.15) is 23.5 Å². The van der Waals surface area contributed by atoms with Crippen LogP contribution in [-0.2, 0) is 16.1 Å². The van der Waals surface area contributed by atoms with Crippen LogP contribution in [0, 0.1) is 12.3 Å². The van der Waals surface area contributed by atoms with Gasteiger partial charge in [0.15, 0.2) is 0 Å². The summed E-state index contributed by atoms with van der Waals surface area (Å²) in [4.78, 5) is 18.0. The summed E-state index contributed by atoms with van der Waals surface area (Å²) in [6, 6.07) is 0. The van der Waals surface area contributed by atoms with Gasteiger partial charge in [0.25, 0.3) is 0 Å². The van der Waals surface area contributed by atoms with E-state index in [-0.39, 0.29) is 5.41 Å². The summed E-state index contributed by atoms with van der Waals surface area (Å²) in [7, 11) is 2.05. The molecule has 0 N–H and O–H groups in total. The van der Waals surface area contributed by atoms with E-state index in [1.54, 1.807) is 11.3 Å². The molecule has 4 nitrogen and oxygen atoms in total. The molecule has 0 atom stereocenters. The van der Waals surface area contributed by atoms with Crippen molar-refractivity contribution in [2.75, 3.05) is 26.8 Å². The zero-order valence-electron chi connectivity index (χ0n) is 11.0. The van der Waals surface area contributed by atoms with E-state index in [1.807, 2.05) is 6.92 Å². The van der Waals surface area contributed by atoms with Crippen LogP contribution < -0.4 is 0 Å². The van der Waals surface area contributed by atoms with Crippen molar-refractivity contribution in [1.82, 2.24) is 9.88 Å². The third kappa shape index (κ3) is 3.37. The van der Waals surface area contributed by atoms with Crippen molar-refractivity contribution in [2.24, 2.45) is 5.41 Å². The molecule has 1 aromatic rings. The average molecular weight is 268 g/mol. The second-order valence-electron chi connectivity index (χ2n) is 5.12. The van der Waals surface area contributed by atoms with Gasteiger partial charge in [-0.15, -0.1) is 11.3 Å². The topological polar surface area (TPSA) is 42.4 Å². The van der Waals surface area contributed by atoms with Gasteiger partial charge in [-0.25, -0.2) is 4.98 Å². The van der Waals surface area contributed by atoms with Crippen molar-refractivity contribution >= 4 is 17.6 Å². The Bertz CT molecular complexity index is 399. The predicted molar refractivity (Wildman–Crippen MR) is 71.7 cm³/mol. The van der Waals surface area contributed by atoms with Crippen molar-refractivity contribution in [3.63, 3.8) is 0 Å². The molecule has 0 amide bonds. The molecule has 100 valence electrons. The summed E-state index contributed by atoms with van der Waals surface area (Å²) in [5.41, 5.74) is 0.867. The van der Waals surface area contributed by atoms with E-state index in [2.05, 4.69) is 22.3 Å². The average Bonchev–Trinajstić information content (AvgIpc) is 2.75. The van der Waals surface area contributed by atoms with Gasteiger partial charge < -0.3 is 9.53 Å². The largest absolute Gasteiger partial charge is 0.381 e. The number of aldehydes is 1. The molecule has 0 radical (unpaired) electrons. The molecular weight excluding hydrogens is 248 g/mol. The molecule has 1 saturated heterocycles. The van der Waals surface area contributed by atoms with Crippen molar-refractivity contribution in [3.8, 4) is 0 Å². The number of aromatic nitrogens is 1. The molecule has 2 rings (SSSR count). The lowest BCUT2D eigenvalue weighted by Crippen LogP contribution is -2.41. The number of ether oxygens (including phenoxy) is 1. The van der Waals surface area contributed by atoms with E-state index in [9.17, 15) is 4.79 Å². The van der Waals surface area contributed by atoms with Gasteiger partial charge in [0.05, 0.1) is 10.7 Å². The fourth-order valence-corrected chi connectivity index (χ4v) is 3.05. The minimum absolute atomic E-state index is 0.224. The van der Waals surface area contributed by atoms with Gasteiger partial charge in [-0.05, 0) is 26.8 Å². The number of carbonyl (C=O) groups excluding carboxylic acids is 1. The lowest BCUT2D eigenvalue weighted by molar-refractivity contribution is -0.122. The molecule has 2 heterocycles. The second-order valence-corrected chi connectivity index (χ2v) is 6.18. The van der Waals surface area contributed by atoms with E-state index >= 15 is 0 Å². The zero-order valence-corrected chi connectivity index (χ0v) is 11.8. The molecule has 0 unspecified atom stereocenters. The quantitative estimate of drug-likeness (QED) is 0.765. The van der Waals surface area contributed by atoms with Crippen molar-refractivity contribution in [3.05, 3.63) is 16.1 Å². The van der Waals surface area contributed by atoms with E-state index in [4.69, 9.17) is 4.74 Å². The summed E-state index contributed by atoms with van der Waals surface area (Å²) in [6.07, 6.45) is 2.78. The summed E-state index contributed by atoms with van der Waals surface area (Å²) in [5, 5.41) is 3.18. The van der Waals surface area contributed by atoms with Crippen LogP contribution in [-0.4, -0.2) is 43.0 Å². The molecule has 1 aromatic heterocycles. The number of nitrogens with zero attached hydrogens (tertiary/aromatic N) is 2. The highest BCUT2D eigenvalue weighted by Crippen LogP contribution is 2.29. The number of carbonyl (C=O) groups is 1. The SMILES string of the molecule is Cc1nc(CN(C)CC2(C=O)CCOCC2)cs1. The lowest BCUT2D eigenvalue weighted by Gasteiger charge is -2.35. The van der Waals surface area contributed by atoms with Crippen LogP contribution >= 0.6 is 11.3 Å². The zero-order chi connectivity index (χ0) is 13.0. The van der Waals surface area contributed by atoms with Crippen LogP contribution in [0.25, 0.3) is 0 Å². The molecule has 1 aliphatic rings. The Morgan fingerprint density at radius 3 is 2.83 bits per heavy atom. The summed E-state index contributed by atoms with van der Waals surface area (Å²) in [5.74, 6) is 0. The van der Waals surface area contributed by atoms with Crippen LogP contribution in [0.5, 0.6) is 0 Å². The standard InChI is InChI=1S/C13H20N2O2S/c1-11-14-12(8-18-11)7-15(2)9-13(10-16)3-5-17-6-4-13/h8,10H,3-7,9H2,1-2H3. The number of rotatable bonds is 5. The molecule has 0 bridgehead atoms. The monoisotopic (exact) mass is 268 g/mol. The fourth-order valence-electron chi connectivity index (χ4n) is 2.44. The predicted octanol–water partition coefficient (Wildman–Crippen LogP) is 1.88. The number of thiazole rings is 1. The normalized spacial score (nSPS) is 19.1. The van der Waals surface area contributed by atoms with Gasteiger partial charge in [-0.2, -0.15) is 0 Å². The Kier molecular flexibility index (Phi) is 4.48. The fraction of sp³-hybridized carbons (Fsp3) is 0.692. The van der Waals surface area contributed by atoms with Gasteiger partial charge in [-0.1, -0.05) is 0 Å². The maximum absolute atomic E-state index is 11.4. The van der Waals surface area contributed by atoms with E-state index in [0.29, 0.717) is 13.2 Å². The van der Waals surface area contributed by atoms with Crippen molar-refractivity contribution in [2.45, 2.75) is 26.3 Å². The Labute approximate surface area is 112 Å². The van der Waals surface area contributed by atoms with Crippen LogP contribution in [0.15, 0.2) is 5.38 Å². The van der Waals surface area contributed by atoms with E-state index in [0.717, 1.165) is 42.9 Å². The summed E-state index contributed by atoms with van der Waals surface area (Å²) >= 11 is 1.67. The Hall–Kier alpha value is -0.780. The van der Waals surface area contributed by atoms with Gasteiger partial charge in [0, 0.05) is 37.1 Å². The van der Waals surface area contributed by atoms with Crippen LogP contribution in [0.4, 0.5) is 0 Å². The van der Waals surface area contributed by atoms with Gasteiger partial charge >= 0.3 is 0 Å². The maximum atomic E-state index is 11.4. The molecular formula is C13H20N2O2S. The molecule has 1 fully saturated rings.